The summed E-state index contributed by atoms with van der Waals surface area (Å²) in [6, 6.07) is 0.471. The maximum Gasteiger partial charge on any atom is 0.0816 e. The second-order valence-corrected chi connectivity index (χ2v) is 5.50. The molecule has 82 valence electrons. The molecule has 0 aromatic heterocycles. The molecule has 2 nitrogen and oxygen atoms in total. The smallest absolute Gasteiger partial charge is 0.0816 e. The summed E-state index contributed by atoms with van der Waals surface area (Å²) >= 11 is 0. The van der Waals surface area contributed by atoms with E-state index in [4.69, 9.17) is 0 Å². The molecule has 0 bridgehead atoms. The molecule has 0 aromatic rings. The van der Waals surface area contributed by atoms with E-state index >= 15 is 0 Å². The maximum atomic E-state index is 10.6. The monoisotopic (exact) mass is 197 g/mol. The van der Waals surface area contributed by atoms with Gasteiger partial charge >= 0.3 is 0 Å². The zero-order valence-corrected chi connectivity index (χ0v) is 9.50. The molecule has 1 N–H and O–H groups in total. The molecular formula is C12H23NO. The predicted molar refractivity (Wildman–Crippen MR) is 58.2 cm³/mol. The van der Waals surface area contributed by atoms with Gasteiger partial charge in [-0.15, -0.1) is 0 Å². The van der Waals surface area contributed by atoms with Crippen molar-refractivity contribution in [1.82, 2.24) is 4.90 Å². The zero-order chi connectivity index (χ0) is 10.2. The van der Waals surface area contributed by atoms with Crippen molar-refractivity contribution in [2.45, 2.75) is 57.6 Å². The van der Waals surface area contributed by atoms with E-state index in [1.807, 2.05) is 0 Å². The lowest BCUT2D eigenvalue weighted by Crippen LogP contribution is -2.47. The van der Waals surface area contributed by atoms with Gasteiger partial charge in [-0.25, -0.2) is 0 Å². The Morgan fingerprint density at radius 1 is 1.36 bits per heavy atom. The zero-order valence-electron chi connectivity index (χ0n) is 9.50. The summed E-state index contributed by atoms with van der Waals surface area (Å²) in [5, 5.41) is 10.6. The molecule has 2 heteroatoms. The molecule has 14 heavy (non-hydrogen) atoms. The van der Waals surface area contributed by atoms with Crippen molar-refractivity contribution in [3.8, 4) is 0 Å². The quantitative estimate of drug-likeness (QED) is 0.732. The Morgan fingerprint density at radius 3 is 2.86 bits per heavy atom. The van der Waals surface area contributed by atoms with Gasteiger partial charge in [-0.2, -0.15) is 0 Å². The van der Waals surface area contributed by atoms with Crippen LogP contribution in [0.15, 0.2) is 0 Å². The molecule has 0 amide bonds. The SMILES string of the molecule is CC(C)CC1(O)CCN2CCCCC21. The third-order valence-electron chi connectivity index (χ3n) is 3.83. The lowest BCUT2D eigenvalue weighted by atomic mass is 9.82. The van der Waals surface area contributed by atoms with Crippen LogP contribution in [-0.4, -0.2) is 34.7 Å². The van der Waals surface area contributed by atoms with Crippen molar-refractivity contribution in [3.05, 3.63) is 0 Å². The van der Waals surface area contributed by atoms with Crippen LogP contribution in [0.25, 0.3) is 0 Å². The van der Waals surface area contributed by atoms with Crippen LogP contribution in [0.1, 0.15) is 46.0 Å². The van der Waals surface area contributed by atoms with E-state index < -0.39 is 0 Å². The van der Waals surface area contributed by atoms with Crippen LogP contribution in [0.3, 0.4) is 0 Å². The average molecular weight is 197 g/mol. The van der Waals surface area contributed by atoms with Crippen molar-refractivity contribution in [2.24, 2.45) is 5.92 Å². The fraction of sp³-hybridized carbons (Fsp3) is 1.00. The van der Waals surface area contributed by atoms with Crippen molar-refractivity contribution in [3.63, 3.8) is 0 Å². The van der Waals surface area contributed by atoms with Gasteiger partial charge < -0.3 is 5.11 Å². The number of hydrogen-bond acceptors (Lipinski definition) is 2. The number of rotatable bonds is 2. The van der Waals surface area contributed by atoms with Crippen molar-refractivity contribution in [1.29, 1.82) is 0 Å². The van der Waals surface area contributed by atoms with Crippen LogP contribution in [0.5, 0.6) is 0 Å². The molecule has 0 radical (unpaired) electrons. The van der Waals surface area contributed by atoms with Gasteiger partial charge in [-0.05, 0) is 38.1 Å². The molecule has 2 unspecified atom stereocenters. The van der Waals surface area contributed by atoms with Crippen LogP contribution in [-0.2, 0) is 0 Å². The first-order chi connectivity index (χ1) is 6.62. The van der Waals surface area contributed by atoms with Crippen LogP contribution >= 0.6 is 0 Å². The lowest BCUT2D eigenvalue weighted by molar-refractivity contribution is -0.0247. The summed E-state index contributed by atoms with van der Waals surface area (Å²) in [4.78, 5) is 2.51. The van der Waals surface area contributed by atoms with Crippen molar-refractivity contribution < 1.29 is 5.11 Å². The Labute approximate surface area is 87.3 Å². The van der Waals surface area contributed by atoms with Gasteiger partial charge in [-0.3, -0.25) is 4.90 Å². The summed E-state index contributed by atoms with van der Waals surface area (Å²) in [5.74, 6) is 0.613. The molecule has 0 aliphatic carbocycles. The second kappa shape index (κ2) is 3.82. The highest BCUT2D eigenvalue weighted by Crippen LogP contribution is 2.38. The summed E-state index contributed by atoms with van der Waals surface area (Å²) in [6.45, 7) is 6.76. The highest BCUT2D eigenvalue weighted by atomic mass is 16.3. The minimum absolute atomic E-state index is 0.366. The average Bonchev–Trinajstić information content (AvgIpc) is 2.44. The highest BCUT2D eigenvalue weighted by Gasteiger charge is 2.46. The topological polar surface area (TPSA) is 23.5 Å². The van der Waals surface area contributed by atoms with Gasteiger partial charge in [0.1, 0.15) is 0 Å². The summed E-state index contributed by atoms with van der Waals surface area (Å²) in [5.41, 5.74) is -0.366. The molecule has 2 atom stereocenters. The molecule has 0 spiro atoms. The van der Waals surface area contributed by atoms with Gasteiger partial charge in [0.15, 0.2) is 0 Å². The molecule has 0 aromatic carbocycles. The Morgan fingerprint density at radius 2 is 2.14 bits per heavy atom. The molecule has 2 saturated heterocycles. The van der Waals surface area contributed by atoms with E-state index in [0.29, 0.717) is 12.0 Å². The summed E-state index contributed by atoms with van der Waals surface area (Å²) in [7, 11) is 0. The van der Waals surface area contributed by atoms with Crippen molar-refractivity contribution >= 4 is 0 Å². The van der Waals surface area contributed by atoms with Crippen LogP contribution in [0.4, 0.5) is 0 Å². The van der Waals surface area contributed by atoms with E-state index in [1.54, 1.807) is 0 Å². The number of fused-ring (bicyclic) bond motifs is 1. The van der Waals surface area contributed by atoms with E-state index in [2.05, 4.69) is 18.7 Å². The number of aliphatic hydroxyl groups is 1. The Balaban J connectivity index is 2.05. The van der Waals surface area contributed by atoms with E-state index in [-0.39, 0.29) is 5.60 Å². The van der Waals surface area contributed by atoms with Crippen LogP contribution in [0.2, 0.25) is 0 Å². The first kappa shape index (κ1) is 10.4. The first-order valence-electron chi connectivity index (χ1n) is 6.08. The minimum Gasteiger partial charge on any atom is -0.388 e. The third kappa shape index (κ3) is 1.82. The number of hydrogen-bond donors (Lipinski definition) is 1. The minimum atomic E-state index is -0.366. The highest BCUT2D eigenvalue weighted by molar-refractivity contribution is 5.01. The van der Waals surface area contributed by atoms with E-state index in [0.717, 1.165) is 19.4 Å². The number of nitrogens with zero attached hydrogens (tertiary/aromatic N) is 1. The van der Waals surface area contributed by atoms with E-state index in [9.17, 15) is 5.11 Å². The first-order valence-corrected chi connectivity index (χ1v) is 6.08. The van der Waals surface area contributed by atoms with Gasteiger partial charge in [0.2, 0.25) is 0 Å². The molecule has 2 aliphatic heterocycles. The number of piperidine rings is 1. The largest absolute Gasteiger partial charge is 0.388 e. The molecule has 2 rings (SSSR count). The lowest BCUT2D eigenvalue weighted by Gasteiger charge is -2.38. The fourth-order valence-corrected chi connectivity index (χ4v) is 3.32. The van der Waals surface area contributed by atoms with E-state index in [1.165, 1.54) is 25.8 Å². The summed E-state index contributed by atoms with van der Waals surface area (Å²) in [6.07, 6.45) is 5.82. The Bertz CT molecular complexity index is 204. The normalized spacial score (nSPS) is 39.0. The van der Waals surface area contributed by atoms with Gasteiger partial charge in [0, 0.05) is 12.6 Å². The third-order valence-corrected chi connectivity index (χ3v) is 3.83. The molecule has 2 aliphatic rings. The van der Waals surface area contributed by atoms with Crippen LogP contribution < -0.4 is 0 Å². The van der Waals surface area contributed by atoms with Gasteiger partial charge in [0.05, 0.1) is 5.60 Å². The van der Waals surface area contributed by atoms with Crippen LogP contribution in [0, 0.1) is 5.92 Å². The van der Waals surface area contributed by atoms with Gasteiger partial charge in [0.25, 0.3) is 0 Å². The molecule has 0 saturated carbocycles. The molecule has 2 heterocycles. The Hall–Kier alpha value is -0.0800. The fourth-order valence-electron chi connectivity index (χ4n) is 3.32. The Kier molecular flexibility index (Phi) is 2.85. The summed E-state index contributed by atoms with van der Waals surface area (Å²) < 4.78 is 0. The molecule has 2 fully saturated rings. The van der Waals surface area contributed by atoms with Gasteiger partial charge in [-0.1, -0.05) is 20.3 Å². The predicted octanol–water partition coefficient (Wildman–Crippen LogP) is 2.02. The maximum absolute atomic E-state index is 10.6. The standard InChI is InChI=1S/C12H23NO/c1-10(2)9-12(14)6-8-13-7-4-3-5-11(12)13/h10-11,14H,3-9H2,1-2H3. The molecular weight excluding hydrogens is 174 g/mol. The second-order valence-electron chi connectivity index (χ2n) is 5.50. The van der Waals surface area contributed by atoms with Crippen molar-refractivity contribution in [2.75, 3.05) is 13.1 Å².